The molecule has 2 aromatic rings. The van der Waals surface area contributed by atoms with Crippen molar-refractivity contribution in [3.05, 3.63) is 46.0 Å². The van der Waals surface area contributed by atoms with E-state index in [1.807, 2.05) is 12.5 Å². The van der Waals surface area contributed by atoms with Crippen LogP contribution in [0.2, 0.25) is 0 Å². The van der Waals surface area contributed by atoms with E-state index in [0.29, 0.717) is 6.04 Å². The summed E-state index contributed by atoms with van der Waals surface area (Å²) in [5.41, 5.74) is 3.69. The summed E-state index contributed by atoms with van der Waals surface area (Å²) in [6.45, 7) is 6.70. The van der Waals surface area contributed by atoms with Gasteiger partial charge in [0.05, 0.1) is 25.2 Å². The molecule has 1 N–H and O–H groups in total. The summed E-state index contributed by atoms with van der Waals surface area (Å²) < 4.78 is 9.10. The lowest BCUT2D eigenvalue weighted by atomic mass is 10.1. The highest BCUT2D eigenvalue weighted by Gasteiger charge is 2.18. The van der Waals surface area contributed by atoms with E-state index in [-0.39, 0.29) is 0 Å². The number of rotatable bonds is 5. The summed E-state index contributed by atoms with van der Waals surface area (Å²) in [5, 5.41) is 3.44. The molecule has 0 unspecified atom stereocenters. The molecule has 1 aliphatic rings. The van der Waals surface area contributed by atoms with Crippen LogP contribution >= 0.6 is 15.9 Å². The van der Waals surface area contributed by atoms with Crippen molar-refractivity contribution < 1.29 is 4.74 Å². The predicted molar refractivity (Wildman–Crippen MR) is 86.6 cm³/mol. The third-order valence-corrected chi connectivity index (χ3v) is 4.11. The SMILES string of the molecule is CC(C)NCc1cncn1Cc1cc(Br)cc2c1OCC2. The van der Waals surface area contributed by atoms with Crippen LogP contribution in [-0.2, 0) is 19.5 Å². The van der Waals surface area contributed by atoms with Crippen LogP contribution in [0.25, 0.3) is 0 Å². The van der Waals surface area contributed by atoms with E-state index < -0.39 is 0 Å². The molecule has 0 amide bonds. The number of fused-ring (bicyclic) bond motifs is 1. The Hall–Kier alpha value is -1.33. The predicted octanol–water partition coefficient (Wildman–Crippen LogP) is 3.13. The van der Waals surface area contributed by atoms with Crippen molar-refractivity contribution in [1.82, 2.24) is 14.9 Å². The minimum absolute atomic E-state index is 0.465. The first kappa shape index (κ1) is 14.6. The Morgan fingerprint density at radius 1 is 1.43 bits per heavy atom. The van der Waals surface area contributed by atoms with Crippen molar-refractivity contribution in [2.24, 2.45) is 0 Å². The van der Waals surface area contributed by atoms with Gasteiger partial charge in [-0.2, -0.15) is 0 Å². The first-order chi connectivity index (χ1) is 10.1. The Kier molecular flexibility index (Phi) is 4.31. The fourth-order valence-corrected chi connectivity index (χ4v) is 3.15. The van der Waals surface area contributed by atoms with Gasteiger partial charge in [-0.1, -0.05) is 29.8 Å². The lowest BCUT2D eigenvalue weighted by molar-refractivity contribution is 0.352. The maximum atomic E-state index is 5.80. The molecule has 0 saturated heterocycles. The third kappa shape index (κ3) is 3.30. The number of ether oxygens (including phenoxy) is 1. The zero-order chi connectivity index (χ0) is 14.8. The van der Waals surface area contributed by atoms with Crippen molar-refractivity contribution in [3.8, 4) is 5.75 Å². The Bertz CT molecular complexity index is 636. The van der Waals surface area contributed by atoms with Gasteiger partial charge in [-0.3, -0.25) is 0 Å². The van der Waals surface area contributed by atoms with E-state index in [4.69, 9.17) is 4.74 Å². The van der Waals surface area contributed by atoms with Crippen molar-refractivity contribution in [2.75, 3.05) is 6.61 Å². The lowest BCUT2D eigenvalue weighted by Gasteiger charge is -2.13. The second-order valence-electron chi connectivity index (χ2n) is 5.70. The van der Waals surface area contributed by atoms with Gasteiger partial charge >= 0.3 is 0 Å². The van der Waals surface area contributed by atoms with E-state index in [0.717, 1.165) is 36.3 Å². The van der Waals surface area contributed by atoms with Crippen LogP contribution in [0.1, 0.15) is 30.7 Å². The molecule has 1 aromatic carbocycles. The van der Waals surface area contributed by atoms with E-state index in [9.17, 15) is 0 Å². The number of imidazole rings is 1. The summed E-state index contributed by atoms with van der Waals surface area (Å²) in [6.07, 6.45) is 4.81. The maximum Gasteiger partial charge on any atom is 0.127 e. The first-order valence-corrected chi connectivity index (χ1v) is 8.09. The molecule has 0 fully saturated rings. The standard InChI is InChI=1S/C16H20BrN3O/c1-11(2)19-8-15-7-18-10-20(15)9-13-6-14(17)5-12-3-4-21-16(12)13/h5-7,10-11,19H,3-4,8-9H2,1-2H3. The Labute approximate surface area is 133 Å². The molecule has 0 bridgehead atoms. The zero-order valence-electron chi connectivity index (χ0n) is 12.4. The Morgan fingerprint density at radius 2 is 2.29 bits per heavy atom. The molecule has 0 spiro atoms. The topological polar surface area (TPSA) is 39.1 Å². The van der Waals surface area contributed by atoms with Gasteiger partial charge in [-0.15, -0.1) is 0 Å². The van der Waals surface area contributed by atoms with Crippen LogP contribution in [-0.4, -0.2) is 22.2 Å². The second-order valence-corrected chi connectivity index (χ2v) is 6.62. The summed E-state index contributed by atoms with van der Waals surface area (Å²) >= 11 is 3.60. The Morgan fingerprint density at radius 3 is 3.10 bits per heavy atom. The van der Waals surface area contributed by atoms with Gasteiger partial charge in [0.15, 0.2) is 0 Å². The average molecular weight is 350 g/mol. The monoisotopic (exact) mass is 349 g/mol. The molecular formula is C16H20BrN3O. The number of benzene rings is 1. The minimum Gasteiger partial charge on any atom is -0.493 e. The van der Waals surface area contributed by atoms with Crippen molar-refractivity contribution in [3.63, 3.8) is 0 Å². The quantitative estimate of drug-likeness (QED) is 0.901. The number of nitrogens with one attached hydrogen (secondary N) is 1. The highest BCUT2D eigenvalue weighted by atomic mass is 79.9. The highest BCUT2D eigenvalue weighted by Crippen LogP contribution is 2.33. The van der Waals surface area contributed by atoms with Gasteiger partial charge < -0.3 is 14.6 Å². The van der Waals surface area contributed by atoms with Crippen LogP contribution < -0.4 is 10.1 Å². The fourth-order valence-electron chi connectivity index (χ4n) is 2.59. The number of nitrogens with zero attached hydrogens (tertiary/aromatic N) is 2. The lowest BCUT2D eigenvalue weighted by Crippen LogP contribution is -2.23. The van der Waals surface area contributed by atoms with Gasteiger partial charge in [0, 0.05) is 35.2 Å². The van der Waals surface area contributed by atoms with Crippen molar-refractivity contribution in [1.29, 1.82) is 0 Å². The molecular weight excluding hydrogens is 330 g/mol. The molecule has 4 nitrogen and oxygen atoms in total. The number of hydrogen-bond acceptors (Lipinski definition) is 3. The molecule has 1 aliphatic heterocycles. The van der Waals surface area contributed by atoms with E-state index in [2.05, 4.69) is 56.8 Å². The molecule has 0 saturated carbocycles. The van der Waals surface area contributed by atoms with Crippen LogP contribution in [0.5, 0.6) is 5.75 Å². The minimum atomic E-state index is 0.465. The largest absolute Gasteiger partial charge is 0.493 e. The molecule has 112 valence electrons. The molecule has 2 heterocycles. The summed E-state index contributed by atoms with van der Waals surface area (Å²) in [5.74, 6) is 1.05. The normalized spacial score (nSPS) is 13.5. The van der Waals surface area contributed by atoms with Gasteiger partial charge in [-0.25, -0.2) is 4.98 Å². The van der Waals surface area contributed by atoms with Crippen LogP contribution in [0.15, 0.2) is 29.1 Å². The maximum absolute atomic E-state index is 5.80. The number of aromatic nitrogens is 2. The fraction of sp³-hybridized carbons (Fsp3) is 0.438. The van der Waals surface area contributed by atoms with Crippen LogP contribution in [0.3, 0.4) is 0 Å². The highest BCUT2D eigenvalue weighted by molar-refractivity contribution is 9.10. The third-order valence-electron chi connectivity index (χ3n) is 3.66. The van der Waals surface area contributed by atoms with E-state index in [1.165, 1.54) is 16.8 Å². The Balaban J connectivity index is 1.83. The molecule has 3 rings (SSSR count). The van der Waals surface area contributed by atoms with Crippen molar-refractivity contribution in [2.45, 2.75) is 39.4 Å². The molecule has 0 aliphatic carbocycles. The summed E-state index contributed by atoms with van der Waals surface area (Å²) in [7, 11) is 0. The van der Waals surface area contributed by atoms with Gasteiger partial charge in [0.1, 0.15) is 5.75 Å². The molecule has 5 heteroatoms. The van der Waals surface area contributed by atoms with Gasteiger partial charge in [0.25, 0.3) is 0 Å². The first-order valence-electron chi connectivity index (χ1n) is 7.30. The van der Waals surface area contributed by atoms with Crippen LogP contribution in [0, 0.1) is 0 Å². The number of halogens is 1. The van der Waals surface area contributed by atoms with Crippen molar-refractivity contribution >= 4 is 15.9 Å². The second kappa shape index (κ2) is 6.20. The van der Waals surface area contributed by atoms with Gasteiger partial charge in [-0.05, 0) is 17.7 Å². The van der Waals surface area contributed by atoms with Crippen LogP contribution in [0.4, 0.5) is 0 Å². The molecule has 0 radical (unpaired) electrons. The summed E-state index contributed by atoms with van der Waals surface area (Å²) in [4.78, 5) is 4.28. The summed E-state index contributed by atoms with van der Waals surface area (Å²) in [6, 6.07) is 4.76. The molecule has 21 heavy (non-hydrogen) atoms. The van der Waals surface area contributed by atoms with E-state index >= 15 is 0 Å². The van der Waals surface area contributed by atoms with Gasteiger partial charge in [0.2, 0.25) is 0 Å². The molecule has 0 atom stereocenters. The average Bonchev–Trinajstić information content (AvgIpc) is 3.05. The smallest absolute Gasteiger partial charge is 0.127 e. The molecule has 1 aromatic heterocycles. The van der Waals surface area contributed by atoms with E-state index in [1.54, 1.807) is 0 Å². The zero-order valence-corrected chi connectivity index (χ0v) is 14.0. The number of hydrogen-bond donors (Lipinski definition) is 1.